The summed E-state index contributed by atoms with van der Waals surface area (Å²) < 4.78 is 74.7. The fourth-order valence-electron chi connectivity index (χ4n) is 3.38. The van der Waals surface area contributed by atoms with E-state index in [4.69, 9.17) is 4.74 Å². The molecule has 34 heavy (non-hydrogen) atoms. The molecule has 0 aromatic heterocycles. The molecule has 1 amide bonds. The molecular formula is C22H23F3N2O6S. The van der Waals surface area contributed by atoms with E-state index in [9.17, 15) is 31.5 Å². The molecule has 1 aliphatic carbocycles. The second kappa shape index (κ2) is 10.3. The molecule has 3 N–H and O–H groups in total. The summed E-state index contributed by atoms with van der Waals surface area (Å²) in [5.74, 6) is -1.72. The number of carbonyl (C=O) groups is 1. The van der Waals surface area contributed by atoms with Crippen LogP contribution in [0.2, 0.25) is 0 Å². The molecule has 0 saturated heterocycles. The Balaban J connectivity index is 1.82. The molecule has 3 rings (SSSR count). The van der Waals surface area contributed by atoms with E-state index < -0.39 is 40.1 Å². The van der Waals surface area contributed by atoms with Crippen LogP contribution in [0.4, 0.5) is 24.5 Å². The smallest absolute Gasteiger partial charge is 0.492 e. The monoisotopic (exact) mass is 500 g/mol. The Kier molecular flexibility index (Phi) is 7.72. The van der Waals surface area contributed by atoms with Crippen LogP contribution in [0, 0.1) is 5.92 Å². The Hall–Kier alpha value is -3.25. The van der Waals surface area contributed by atoms with Crippen molar-refractivity contribution < 1.29 is 41.0 Å². The summed E-state index contributed by atoms with van der Waals surface area (Å²) in [5, 5.41) is 12.6. The fourth-order valence-corrected chi connectivity index (χ4v) is 4.56. The van der Waals surface area contributed by atoms with Crippen molar-refractivity contribution in [1.29, 1.82) is 0 Å². The Bertz CT molecular complexity index is 1170. The number of alkyl halides is 3. The molecular weight excluding hydrogens is 477 g/mol. The van der Waals surface area contributed by atoms with Crippen LogP contribution in [0.25, 0.3) is 0 Å². The van der Waals surface area contributed by atoms with Crippen molar-refractivity contribution in [3.8, 4) is 11.5 Å². The number of hydrogen-bond acceptors (Lipinski definition) is 6. The van der Waals surface area contributed by atoms with Gasteiger partial charge in [-0.1, -0.05) is 18.2 Å². The molecule has 0 fully saturated rings. The SMILES string of the molecule is CCOc1cc(NC(=O)C2CCC=C[C@@H]2O)ccc1S(=O)(=O)Nc1cccc(OC(F)(F)F)c1. The summed E-state index contributed by atoms with van der Waals surface area (Å²) in [4.78, 5) is 12.3. The van der Waals surface area contributed by atoms with Crippen LogP contribution in [-0.4, -0.2) is 38.5 Å². The molecule has 0 bridgehead atoms. The van der Waals surface area contributed by atoms with E-state index in [1.807, 2.05) is 0 Å². The number of benzene rings is 2. The van der Waals surface area contributed by atoms with Gasteiger partial charge in [-0.3, -0.25) is 9.52 Å². The van der Waals surface area contributed by atoms with Gasteiger partial charge in [0, 0.05) is 17.8 Å². The first-order chi connectivity index (χ1) is 16.0. The first kappa shape index (κ1) is 25.4. The summed E-state index contributed by atoms with van der Waals surface area (Å²) in [5.41, 5.74) is 0.107. The van der Waals surface area contributed by atoms with Crippen LogP contribution in [0.15, 0.2) is 59.5 Å². The summed E-state index contributed by atoms with van der Waals surface area (Å²) in [7, 11) is -4.27. The summed E-state index contributed by atoms with van der Waals surface area (Å²) in [6.45, 7) is 1.75. The molecule has 2 atom stereocenters. The molecule has 12 heteroatoms. The Morgan fingerprint density at radius 2 is 1.94 bits per heavy atom. The van der Waals surface area contributed by atoms with Gasteiger partial charge in [0.05, 0.1) is 24.3 Å². The van der Waals surface area contributed by atoms with Gasteiger partial charge in [-0.05, 0) is 44.0 Å². The maximum Gasteiger partial charge on any atom is 0.573 e. The second-order valence-electron chi connectivity index (χ2n) is 7.37. The van der Waals surface area contributed by atoms with Crippen LogP contribution < -0.4 is 19.5 Å². The minimum atomic E-state index is -4.93. The van der Waals surface area contributed by atoms with Crippen molar-refractivity contribution in [3.05, 3.63) is 54.6 Å². The van der Waals surface area contributed by atoms with Crippen molar-refractivity contribution in [2.45, 2.75) is 37.1 Å². The largest absolute Gasteiger partial charge is 0.573 e. The zero-order valence-corrected chi connectivity index (χ0v) is 18.8. The average Bonchev–Trinajstić information content (AvgIpc) is 2.73. The predicted octanol–water partition coefficient (Wildman–Crippen LogP) is 4.05. The molecule has 184 valence electrons. The van der Waals surface area contributed by atoms with Gasteiger partial charge < -0.3 is 19.9 Å². The number of aliphatic hydroxyl groups excluding tert-OH is 1. The minimum absolute atomic E-state index is 0.0698. The zero-order valence-electron chi connectivity index (χ0n) is 18.0. The number of hydrogen-bond donors (Lipinski definition) is 3. The first-order valence-electron chi connectivity index (χ1n) is 10.3. The lowest BCUT2D eigenvalue weighted by atomic mass is 9.91. The minimum Gasteiger partial charge on any atom is -0.492 e. The van der Waals surface area contributed by atoms with Crippen LogP contribution in [0.1, 0.15) is 19.8 Å². The van der Waals surface area contributed by atoms with E-state index in [0.717, 1.165) is 12.1 Å². The molecule has 0 aliphatic heterocycles. The average molecular weight is 500 g/mol. The lowest BCUT2D eigenvalue weighted by Gasteiger charge is -2.23. The van der Waals surface area contributed by atoms with Crippen molar-refractivity contribution >= 4 is 27.3 Å². The third-order valence-corrected chi connectivity index (χ3v) is 6.27. The molecule has 0 saturated carbocycles. The standard InChI is InChI=1S/C22H23F3N2O6S/c1-2-32-19-13-14(26-21(29)17-8-3-4-9-18(17)28)10-11-20(19)34(30,31)27-15-6-5-7-16(12-15)33-22(23,24)25/h4-7,9-13,17-18,27-28H,2-3,8H2,1H3,(H,26,29)/t17?,18-/m0/s1. The molecule has 1 unspecified atom stereocenters. The number of amides is 1. The Labute approximate surface area is 194 Å². The highest BCUT2D eigenvalue weighted by Gasteiger charge is 2.31. The van der Waals surface area contributed by atoms with E-state index in [2.05, 4.69) is 14.8 Å². The van der Waals surface area contributed by atoms with Gasteiger partial charge in [0.25, 0.3) is 10.0 Å². The van der Waals surface area contributed by atoms with Crippen LogP contribution in [0.3, 0.4) is 0 Å². The van der Waals surface area contributed by atoms with Gasteiger partial charge in [-0.2, -0.15) is 0 Å². The number of halogens is 3. The van der Waals surface area contributed by atoms with Gasteiger partial charge in [-0.25, -0.2) is 8.42 Å². The number of rotatable bonds is 8. The topological polar surface area (TPSA) is 114 Å². The highest BCUT2D eigenvalue weighted by atomic mass is 32.2. The molecule has 0 heterocycles. The van der Waals surface area contributed by atoms with Gasteiger partial charge in [0.15, 0.2) is 0 Å². The maximum absolute atomic E-state index is 12.9. The van der Waals surface area contributed by atoms with E-state index in [0.29, 0.717) is 12.8 Å². The Morgan fingerprint density at radius 1 is 1.18 bits per heavy atom. The van der Waals surface area contributed by atoms with Gasteiger partial charge >= 0.3 is 6.36 Å². The number of anilines is 2. The summed E-state index contributed by atoms with van der Waals surface area (Å²) in [6, 6.07) is 8.27. The number of ether oxygens (including phenoxy) is 2. The molecule has 2 aromatic rings. The predicted molar refractivity (Wildman–Crippen MR) is 118 cm³/mol. The van der Waals surface area contributed by atoms with Crippen molar-refractivity contribution in [3.63, 3.8) is 0 Å². The lowest BCUT2D eigenvalue weighted by molar-refractivity contribution is -0.274. The van der Waals surface area contributed by atoms with Crippen molar-refractivity contribution in [1.82, 2.24) is 0 Å². The summed E-state index contributed by atoms with van der Waals surface area (Å²) >= 11 is 0. The van der Waals surface area contributed by atoms with E-state index in [-0.39, 0.29) is 28.6 Å². The van der Waals surface area contributed by atoms with Crippen LogP contribution >= 0.6 is 0 Å². The number of nitrogens with one attached hydrogen (secondary N) is 2. The first-order valence-corrected chi connectivity index (χ1v) is 11.8. The number of allylic oxidation sites excluding steroid dienone is 1. The Morgan fingerprint density at radius 3 is 2.62 bits per heavy atom. The molecule has 2 aromatic carbocycles. The number of carbonyl (C=O) groups excluding carboxylic acids is 1. The third kappa shape index (κ3) is 6.64. The summed E-state index contributed by atoms with van der Waals surface area (Å²) in [6.07, 6.45) is -1.38. The fraction of sp³-hybridized carbons (Fsp3) is 0.318. The molecule has 1 aliphatic rings. The van der Waals surface area contributed by atoms with Crippen LogP contribution in [-0.2, 0) is 14.8 Å². The lowest BCUT2D eigenvalue weighted by Crippen LogP contribution is -2.33. The maximum atomic E-state index is 12.9. The van der Waals surface area contributed by atoms with Gasteiger partial charge in [0.1, 0.15) is 16.4 Å². The van der Waals surface area contributed by atoms with E-state index in [1.54, 1.807) is 19.1 Å². The molecule has 8 nitrogen and oxygen atoms in total. The third-order valence-electron chi connectivity index (χ3n) is 4.85. The van der Waals surface area contributed by atoms with Gasteiger partial charge in [-0.15, -0.1) is 13.2 Å². The molecule has 0 radical (unpaired) electrons. The van der Waals surface area contributed by atoms with Crippen molar-refractivity contribution in [2.75, 3.05) is 16.6 Å². The van der Waals surface area contributed by atoms with Crippen molar-refractivity contribution in [2.24, 2.45) is 5.92 Å². The number of aliphatic hydroxyl groups is 1. The van der Waals surface area contributed by atoms with Gasteiger partial charge in [0.2, 0.25) is 5.91 Å². The second-order valence-corrected chi connectivity index (χ2v) is 9.02. The van der Waals surface area contributed by atoms with E-state index >= 15 is 0 Å². The van der Waals surface area contributed by atoms with Crippen LogP contribution in [0.5, 0.6) is 11.5 Å². The number of sulfonamides is 1. The highest BCUT2D eigenvalue weighted by molar-refractivity contribution is 7.92. The van der Waals surface area contributed by atoms with E-state index in [1.165, 1.54) is 30.3 Å². The normalized spacial score (nSPS) is 18.3. The highest BCUT2D eigenvalue weighted by Crippen LogP contribution is 2.31. The molecule has 0 spiro atoms. The quantitative estimate of drug-likeness (QED) is 0.472. The zero-order chi connectivity index (χ0) is 24.9.